The number of aromatic nitrogens is 3. The van der Waals surface area contributed by atoms with Crippen LogP contribution >= 0.6 is 0 Å². The number of fused-ring (bicyclic) bond motifs is 1. The Balaban J connectivity index is 1.71. The van der Waals surface area contributed by atoms with Crippen LogP contribution in [0.4, 0.5) is 0 Å². The number of unbranched alkanes of at least 4 members (excludes halogenated alkanes) is 1. The van der Waals surface area contributed by atoms with Crippen molar-refractivity contribution in [3.8, 4) is 6.07 Å². The lowest BCUT2D eigenvalue weighted by Gasteiger charge is -2.36. The SMILES string of the molecule is CCCCNC(=O)C1(NC(=O)CCc2c(C)nc3c(C#N)cnn3c2C)CCCCC1. The smallest absolute Gasteiger partial charge is 0.245 e. The Morgan fingerprint density at radius 2 is 2.00 bits per heavy atom. The highest BCUT2D eigenvalue weighted by atomic mass is 16.2. The normalized spacial score (nSPS) is 15.4. The summed E-state index contributed by atoms with van der Waals surface area (Å²) < 4.78 is 1.66. The van der Waals surface area contributed by atoms with E-state index in [4.69, 9.17) is 0 Å². The molecule has 1 aliphatic rings. The molecule has 8 heteroatoms. The Labute approximate surface area is 183 Å². The Morgan fingerprint density at radius 1 is 1.26 bits per heavy atom. The van der Waals surface area contributed by atoms with Crippen LogP contribution in [0.15, 0.2) is 6.20 Å². The fraction of sp³-hybridized carbons (Fsp3) is 0.609. The van der Waals surface area contributed by atoms with Gasteiger partial charge >= 0.3 is 0 Å². The average molecular weight is 425 g/mol. The molecule has 0 spiro atoms. The van der Waals surface area contributed by atoms with E-state index in [1.165, 1.54) is 6.20 Å². The number of rotatable bonds is 8. The molecular weight excluding hydrogens is 392 g/mol. The van der Waals surface area contributed by atoms with Crippen molar-refractivity contribution in [2.45, 2.75) is 84.1 Å². The zero-order valence-corrected chi connectivity index (χ0v) is 18.8. The van der Waals surface area contributed by atoms with Crippen molar-refractivity contribution in [2.75, 3.05) is 6.54 Å². The molecule has 31 heavy (non-hydrogen) atoms. The Morgan fingerprint density at radius 3 is 2.68 bits per heavy atom. The molecule has 0 radical (unpaired) electrons. The number of carbonyl (C=O) groups is 2. The van der Waals surface area contributed by atoms with E-state index in [1.54, 1.807) is 4.52 Å². The number of nitrogens with zero attached hydrogens (tertiary/aromatic N) is 4. The van der Waals surface area contributed by atoms with E-state index in [2.05, 4.69) is 33.7 Å². The van der Waals surface area contributed by atoms with Crippen LogP contribution in [0.3, 0.4) is 0 Å². The molecule has 0 aliphatic heterocycles. The first-order valence-corrected chi connectivity index (χ1v) is 11.2. The molecule has 2 amide bonds. The first-order chi connectivity index (χ1) is 14.9. The van der Waals surface area contributed by atoms with E-state index in [1.807, 2.05) is 13.8 Å². The molecule has 2 aromatic rings. The van der Waals surface area contributed by atoms with Gasteiger partial charge in [-0.1, -0.05) is 32.6 Å². The van der Waals surface area contributed by atoms with Crippen molar-refractivity contribution in [3.05, 3.63) is 28.7 Å². The molecule has 0 saturated heterocycles. The van der Waals surface area contributed by atoms with Gasteiger partial charge in [0.15, 0.2) is 5.65 Å². The van der Waals surface area contributed by atoms with Crippen LogP contribution in [-0.4, -0.2) is 38.5 Å². The minimum atomic E-state index is -0.793. The molecule has 2 N–H and O–H groups in total. The van der Waals surface area contributed by atoms with Gasteiger partial charge in [-0.05, 0) is 45.1 Å². The lowest BCUT2D eigenvalue weighted by molar-refractivity contribution is -0.135. The summed E-state index contributed by atoms with van der Waals surface area (Å²) in [5, 5.41) is 19.6. The number of nitrogens with one attached hydrogen (secondary N) is 2. The highest BCUT2D eigenvalue weighted by molar-refractivity contribution is 5.91. The molecule has 8 nitrogen and oxygen atoms in total. The summed E-state index contributed by atoms with van der Waals surface area (Å²) in [6.07, 6.45) is 8.59. The summed E-state index contributed by atoms with van der Waals surface area (Å²) in [7, 11) is 0. The van der Waals surface area contributed by atoms with Gasteiger partial charge in [-0.3, -0.25) is 9.59 Å². The molecule has 1 fully saturated rings. The summed E-state index contributed by atoms with van der Waals surface area (Å²) in [5.74, 6) is -0.172. The predicted octanol–water partition coefficient (Wildman–Crippen LogP) is 2.89. The van der Waals surface area contributed by atoms with Gasteiger partial charge in [0.1, 0.15) is 17.2 Å². The molecule has 3 rings (SSSR count). The molecule has 2 heterocycles. The van der Waals surface area contributed by atoms with Crippen LogP contribution < -0.4 is 10.6 Å². The van der Waals surface area contributed by atoms with Gasteiger partial charge in [0.2, 0.25) is 11.8 Å². The standard InChI is InChI=1S/C23H32N6O2/c1-4-5-13-25-22(31)23(11-7-6-8-12-23)28-20(30)10-9-19-16(2)27-21-18(14-24)15-26-29(21)17(19)3/h15H,4-13H2,1-3H3,(H,25,31)(H,28,30). The molecule has 2 aromatic heterocycles. The van der Waals surface area contributed by atoms with Crippen molar-refractivity contribution < 1.29 is 9.59 Å². The van der Waals surface area contributed by atoms with Crippen LogP contribution in [0.25, 0.3) is 5.65 Å². The third kappa shape index (κ3) is 4.87. The summed E-state index contributed by atoms with van der Waals surface area (Å²) in [6.45, 7) is 6.54. The van der Waals surface area contributed by atoms with E-state index >= 15 is 0 Å². The highest BCUT2D eigenvalue weighted by Gasteiger charge is 2.40. The summed E-state index contributed by atoms with van der Waals surface area (Å²) in [6, 6.07) is 2.10. The third-order valence-electron chi connectivity index (χ3n) is 6.27. The van der Waals surface area contributed by atoms with Crippen molar-refractivity contribution in [2.24, 2.45) is 0 Å². The largest absolute Gasteiger partial charge is 0.354 e. The van der Waals surface area contributed by atoms with Gasteiger partial charge in [-0.15, -0.1) is 0 Å². The average Bonchev–Trinajstić information content (AvgIpc) is 3.17. The molecule has 1 saturated carbocycles. The minimum Gasteiger partial charge on any atom is -0.354 e. The van der Waals surface area contributed by atoms with E-state index in [-0.39, 0.29) is 18.2 Å². The van der Waals surface area contributed by atoms with Crippen molar-refractivity contribution in [3.63, 3.8) is 0 Å². The van der Waals surface area contributed by atoms with Crippen LogP contribution in [0.1, 0.15) is 80.8 Å². The fourth-order valence-electron chi connectivity index (χ4n) is 4.43. The van der Waals surface area contributed by atoms with E-state index in [9.17, 15) is 14.9 Å². The zero-order chi connectivity index (χ0) is 22.4. The molecule has 1 aliphatic carbocycles. The van der Waals surface area contributed by atoms with Crippen molar-refractivity contribution in [1.29, 1.82) is 5.26 Å². The number of hydrogen-bond donors (Lipinski definition) is 2. The van der Waals surface area contributed by atoms with Gasteiger partial charge in [0.25, 0.3) is 0 Å². The highest BCUT2D eigenvalue weighted by Crippen LogP contribution is 2.29. The van der Waals surface area contributed by atoms with Crippen LogP contribution in [0.5, 0.6) is 0 Å². The Kier molecular flexibility index (Phi) is 7.26. The van der Waals surface area contributed by atoms with Gasteiger partial charge < -0.3 is 10.6 Å². The first kappa shape index (κ1) is 22.7. The number of nitriles is 1. The maximum atomic E-state index is 12.9. The lowest BCUT2D eigenvalue weighted by atomic mass is 9.80. The number of amides is 2. The monoisotopic (exact) mass is 424 g/mol. The third-order valence-corrected chi connectivity index (χ3v) is 6.27. The van der Waals surface area contributed by atoms with E-state index < -0.39 is 5.54 Å². The molecule has 0 bridgehead atoms. The second kappa shape index (κ2) is 9.90. The van der Waals surface area contributed by atoms with Gasteiger partial charge in [0, 0.05) is 24.4 Å². The molecule has 0 unspecified atom stereocenters. The maximum absolute atomic E-state index is 12.9. The summed E-state index contributed by atoms with van der Waals surface area (Å²) in [5.41, 5.74) is 2.79. The van der Waals surface area contributed by atoms with Crippen LogP contribution in [-0.2, 0) is 16.0 Å². The van der Waals surface area contributed by atoms with E-state index in [0.29, 0.717) is 37.0 Å². The number of aryl methyl sites for hydroxylation is 2. The van der Waals surface area contributed by atoms with Crippen molar-refractivity contribution in [1.82, 2.24) is 25.2 Å². The van der Waals surface area contributed by atoms with Crippen molar-refractivity contribution >= 4 is 17.5 Å². The maximum Gasteiger partial charge on any atom is 0.245 e. The van der Waals surface area contributed by atoms with Gasteiger partial charge in [-0.2, -0.15) is 10.4 Å². The fourth-order valence-corrected chi connectivity index (χ4v) is 4.43. The predicted molar refractivity (Wildman–Crippen MR) is 117 cm³/mol. The Bertz CT molecular complexity index is 998. The molecule has 166 valence electrons. The zero-order valence-electron chi connectivity index (χ0n) is 18.8. The second-order valence-corrected chi connectivity index (χ2v) is 8.47. The van der Waals surface area contributed by atoms with Crippen LogP contribution in [0.2, 0.25) is 0 Å². The van der Waals surface area contributed by atoms with Crippen LogP contribution in [0, 0.1) is 25.2 Å². The number of carbonyl (C=O) groups excluding carboxylic acids is 2. The Hall–Kier alpha value is -2.95. The molecular formula is C23H32N6O2. The van der Waals surface area contributed by atoms with Gasteiger partial charge in [0.05, 0.1) is 6.20 Å². The molecule has 0 atom stereocenters. The topological polar surface area (TPSA) is 112 Å². The first-order valence-electron chi connectivity index (χ1n) is 11.2. The lowest BCUT2D eigenvalue weighted by Crippen LogP contribution is -2.59. The summed E-state index contributed by atoms with van der Waals surface area (Å²) in [4.78, 5) is 30.3. The molecule has 0 aromatic carbocycles. The van der Waals surface area contributed by atoms with Gasteiger partial charge in [-0.25, -0.2) is 9.50 Å². The quantitative estimate of drug-likeness (QED) is 0.633. The number of hydrogen-bond acceptors (Lipinski definition) is 5. The second-order valence-electron chi connectivity index (χ2n) is 8.47. The van der Waals surface area contributed by atoms with E-state index in [0.717, 1.165) is 49.1 Å². The minimum absolute atomic E-state index is 0.0509. The summed E-state index contributed by atoms with van der Waals surface area (Å²) >= 11 is 0.